The minimum Gasteiger partial charge on any atom is -0.479 e. The Morgan fingerprint density at radius 1 is 1.30 bits per heavy atom. The molecule has 1 aliphatic heterocycles. The van der Waals surface area contributed by atoms with Crippen LogP contribution in [-0.2, 0) is 11.3 Å². The van der Waals surface area contributed by atoms with E-state index in [1.807, 2.05) is 0 Å². The van der Waals surface area contributed by atoms with Crippen LogP contribution < -0.4 is 10.1 Å². The maximum Gasteiger partial charge on any atom is 0.246 e. The van der Waals surface area contributed by atoms with Gasteiger partial charge < -0.3 is 30.1 Å². The molecule has 10 nitrogen and oxygen atoms in total. The number of halogens is 1. The van der Waals surface area contributed by atoms with Gasteiger partial charge in [-0.1, -0.05) is 12.1 Å². The van der Waals surface area contributed by atoms with Crippen molar-refractivity contribution in [2.75, 3.05) is 19.0 Å². The number of hydrogen-bond acceptors (Lipinski definition) is 9. The number of nitrogens with one attached hydrogen (secondary N) is 1. The molecule has 4 atom stereocenters. The number of ether oxygens (including phenoxy) is 2. The molecule has 0 aliphatic carbocycles. The lowest BCUT2D eigenvalue weighted by Gasteiger charge is -2.27. The number of benzene rings is 1. The number of rotatable bonds is 6. The topological polar surface area (TPSA) is 135 Å². The number of hydrogen-bond donors (Lipinski definition) is 4. The summed E-state index contributed by atoms with van der Waals surface area (Å²) in [5.41, 5.74) is -0.227. The highest BCUT2D eigenvalue weighted by Gasteiger charge is 2.53. The van der Waals surface area contributed by atoms with Gasteiger partial charge in [0.2, 0.25) is 11.8 Å². The van der Waals surface area contributed by atoms with Crippen LogP contribution in [0.3, 0.4) is 0 Å². The molecule has 30 heavy (non-hydrogen) atoms. The number of aromatic nitrogens is 4. The van der Waals surface area contributed by atoms with Gasteiger partial charge in [0.1, 0.15) is 23.6 Å². The van der Waals surface area contributed by atoms with Crippen LogP contribution in [0, 0.1) is 5.82 Å². The molecular weight excluding hydrogens is 397 g/mol. The highest BCUT2D eigenvalue weighted by Crippen LogP contribution is 2.40. The van der Waals surface area contributed by atoms with Crippen LogP contribution in [0.15, 0.2) is 30.6 Å². The zero-order valence-electron chi connectivity index (χ0n) is 16.4. The summed E-state index contributed by atoms with van der Waals surface area (Å²) in [5, 5.41) is 33.5. The molecule has 0 unspecified atom stereocenters. The van der Waals surface area contributed by atoms with Gasteiger partial charge in [0.05, 0.1) is 20.0 Å². The monoisotopic (exact) mass is 419 g/mol. The number of nitrogens with zero attached hydrogens (tertiary/aromatic N) is 4. The number of methoxy groups -OCH3 is 1. The summed E-state index contributed by atoms with van der Waals surface area (Å²) in [4.78, 5) is 13.0. The van der Waals surface area contributed by atoms with Gasteiger partial charge in [0, 0.05) is 6.54 Å². The van der Waals surface area contributed by atoms with E-state index in [-0.39, 0.29) is 17.6 Å². The first-order chi connectivity index (χ1) is 14.3. The van der Waals surface area contributed by atoms with Gasteiger partial charge in [-0.3, -0.25) is 4.57 Å². The number of anilines is 1. The van der Waals surface area contributed by atoms with Gasteiger partial charge in [-0.05, 0) is 24.6 Å². The molecule has 1 aromatic carbocycles. The van der Waals surface area contributed by atoms with Gasteiger partial charge in [0.25, 0.3) is 0 Å². The summed E-state index contributed by atoms with van der Waals surface area (Å²) >= 11 is 0. The van der Waals surface area contributed by atoms with Gasteiger partial charge in [0.15, 0.2) is 17.4 Å². The lowest BCUT2D eigenvalue weighted by molar-refractivity contribution is -0.0950. The Bertz CT molecular complexity index is 1040. The minimum atomic E-state index is -1.69. The molecule has 4 rings (SSSR count). The van der Waals surface area contributed by atoms with Crippen molar-refractivity contribution < 1.29 is 29.2 Å². The molecular formula is C19H22FN5O5. The van der Waals surface area contributed by atoms with E-state index in [0.29, 0.717) is 17.7 Å². The Morgan fingerprint density at radius 3 is 2.67 bits per heavy atom. The van der Waals surface area contributed by atoms with Crippen molar-refractivity contribution in [2.24, 2.45) is 0 Å². The average Bonchev–Trinajstić information content (AvgIpc) is 3.25. The summed E-state index contributed by atoms with van der Waals surface area (Å²) in [6.07, 6.45) is -1.90. The zero-order chi connectivity index (χ0) is 21.5. The second-order valence-electron chi connectivity index (χ2n) is 7.24. The largest absolute Gasteiger partial charge is 0.479 e. The van der Waals surface area contributed by atoms with E-state index < -0.39 is 30.6 Å². The normalized spacial score (nSPS) is 26.3. The van der Waals surface area contributed by atoms with E-state index in [4.69, 9.17) is 9.47 Å². The molecule has 3 heterocycles. The van der Waals surface area contributed by atoms with Gasteiger partial charge in [-0.2, -0.15) is 9.97 Å². The lowest BCUT2D eigenvalue weighted by atomic mass is 9.96. The fraction of sp³-hybridized carbons (Fsp3) is 0.421. The summed E-state index contributed by atoms with van der Waals surface area (Å²) in [7, 11) is 1.44. The maximum absolute atomic E-state index is 13.1. The van der Waals surface area contributed by atoms with Crippen molar-refractivity contribution in [3.63, 3.8) is 0 Å². The number of aliphatic hydroxyl groups is 3. The van der Waals surface area contributed by atoms with E-state index in [9.17, 15) is 19.7 Å². The first-order valence-corrected chi connectivity index (χ1v) is 9.28. The highest BCUT2D eigenvalue weighted by atomic mass is 19.1. The smallest absolute Gasteiger partial charge is 0.246 e. The maximum atomic E-state index is 13.1. The van der Waals surface area contributed by atoms with Crippen LogP contribution in [0.4, 0.5) is 10.3 Å². The molecule has 0 bridgehead atoms. The van der Waals surface area contributed by atoms with Crippen LogP contribution >= 0.6 is 0 Å². The Kier molecular flexibility index (Phi) is 5.28. The van der Waals surface area contributed by atoms with Crippen molar-refractivity contribution >= 4 is 17.1 Å². The first-order valence-electron chi connectivity index (χ1n) is 9.28. The second kappa shape index (κ2) is 7.76. The van der Waals surface area contributed by atoms with Gasteiger partial charge in [-0.15, -0.1) is 0 Å². The first kappa shape index (κ1) is 20.4. The summed E-state index contributed by atoms with van der Waals surface area (Å²) in [6, 6.07) is 6.00. The van der Waals surface area contributed by atoms with E-state index >= 15 is 0 Å². The molecule has 4 N–H and O–H groups in total. The molecule has 1 fully saturated rings. The molecule has 0 radical (unpaired) electrons. The minimum absolute atomic E-state index is 0.206. The standard InChI is InChI=1S/C19H22FN5O5/c1-19(28)14(27)12(8-26)30-17(19)25-9-22-13-15(25)23-18(24-16(13)29-2)21-7-10-3-5-11(20)6-4-10/h3-6,9,12,14,17,26-28H,7-8H2,1-2H3,(H,21,23,24)/t12-,14-,17-,19-/m1/s1. The number of aliphatic hydroxyl groups excluding tert-OH is 2. The molecule has 11 heteroatoms. The fourth-order valence-corrected chi connectivity index (χ4v) is 3.46. The van der Waals surface area contributed by atoms with Crippen LogP contribution in [-0.4, -0.2) is 66.4 Å². The van der Waals surface area contributed by atoms with Gasteiger partial charge in [-0.25, -0.2) is 9.37 Å². The van der Waals surface area contributed by atoms with Crippen molar-refractivity contribution in [1.82, 2.24) is 19.5 Å². The zero-order valence-corrected chi connectivity index (χ0v) is 16.4. The lowest BCUT2D eigenvalue weighted by Crippen LogP contribution is -2.44. The molecule has 1 aliphatic rings. The van der Waals surface area contributed by atoms with Crippen molar-refractivity contribution in [1.29, 1.82) is 0 Å². The molecule has 160 valence electrons. The number of fused-ring (bicyclic) bond motifs is 1. The van der Waals surface area contributed by atoms with E-state index in [0.717, 1.165) is 5.56 Å². The predicted octanol–water partition coefficient (Wildman–Crippen LogP) is 0.588. The summed E-state index contributed by atoms with van der Waals surface area (Å²) < 4.78 is 25.5. The molecule has 1 saturated heterocycles. The quantitative estimate of drug-likeness (QED) is 0.453. The van der Waals surface area contributed by atoms with E-state index in [1.54, 1.807) is 12.1 Å². The Hall–Kier alpha value is -2.86. The third-order valence-corrected chi connectivity index (χ3v) is 5.13. The summed E-state index contributed by atoms with van der Waals surface area (Å²) in [6.45, 7) is 1.30. The van der Waals surface area contributed by atoms with Crippen molar-refractivity contribution in [3.05, 3.63) is 42.0 Å². The van der Waals surface area contributed by atoms with Gasteiger partial charge >= 0.3 is 0 Å². The highest BCUT2D eigenvalue weighted by molar-refractivity contribution is 5.78. The third kappa shape index (κ3) is 3.45. The van der Waals surface area contributed by atoms with E-state index in [1.165, 1.54) is 37.1 Å². The number of imidazole rings is 1. The van der Waals surface area contributed by atoms with Crippen LogP contribution in [0.1, 0.15) is 18.7 Å². The van der Waals surface area contributed by atoms with Crippen LogP contribution in [0.25, 0.3) is 11.2 Å². The Morgan fingerprint density at radius 2 is 2.03 bits per heavy atom. The van der Waals surface area contributed by atoms with E-state index in [2.05, 4.69) is 20.3 Å². The SMILES string of the molecule is COc1nc(NCc2ccc(F)cc2)nc2c1ncn2[C@@H]1O[C@H](CO)[C@@H](O)[C@@]1(C)O. The Balaban J connectivity index is 1.69. The molecule has 0 spiro atoms. The fourth-order valence-electron chi connectivity index (χ4n) is 3.46. The molecule has 0 amide bonds. The molecule has 2 aromatic heterocycles. The summed E-state index contributed by atoms with van der Waals surface area (Å²) in [5.74, 6) is 0.105. The average molecular weight is 419 g/mol. The van der Waals surface area contributed by atoms with Crippen LogP contribution in [0.2, 0.25) is 0 Å². The van der Waals surface area contributed by atoms with Crippen LogP contribution in [0.5, 0.6) is 5.88 Å². The second-order valence-corrected chi connectivity index (χ2v) is 7.24. The Labute approximate surface area is 170 Å². The van der Waals surface area contributed by atoms with Crippen molar-refractivity contribution in [3.8, 4) is 5.88 Å². The predicted molar refractivity (Wildman–Crippen MR) is 103 cm³/mol. The molecule has 3 aromatic rings. The molecule has 0 saturated carbocycles. The third-order valence-electron chi connectivity index (χ3n) is 5.13. The van der Waals surface area contributed by atoms with Crippen molar-refractivity contribution in [2.45, 2.75) is 37.5 Å².